The van der Waals surface area contributed by atoms with Crippen molar-refractivity contribution in [2.75, 3.05) is 18.5 Å². The highest BCUT2D eigenvalue weighted by Crippen LogP contribution is 2.28. The van der Waals surface area contributed by atoms with Crippen molar-refractivity contribution in [3.63, 3.8) is 0 Å². The molecule has 0 amide bonds. The summed E-state index contributed by atoms with van der Waals surface area (Å²) >= 11 is 0. The maximum Gasteiger partial charge on any atom is 0.146 e. The van der Waals surface area contributed by atoms with Crippen molar-refractivity contribution < 1.29 is 4.39 Å². The minimum Gasteiger partial charge on any atom is -0.369 e. The third-order valence-corrected chi connectivity index (χ3v) is 4.13. The quantitative estimate of drug-likeness (QED) is 0.627. The Morgan fingerprint density at radius 1 is 1.35 bits per heavy atom. The molecule has 0 unspecified atom stereocenters. The Hall–Kier alpha value is -1.35. The molecule has 1 aromatic carbocycles. The van der Waals surface area contributed by atoms with Crippen LogP contribution in [0.15, 0.2) is 30.9 Å². The van der Waals surface area contributed by atoms with Crippen LogP contribution in [-0.4, -0.2) is 19.6 Å². The zero-order valence-electron chi connectivity index (χ0n) is 12.4. The van der Waals surface area contributed by atoms with E-state index in [1.165, 1.54) is 32.1 Å². The second kappa shape index (κ2) is 7.44. The molecule has 0 spiro atoms. The summed E-state index contributed by atoms with van der Waals surface area (Å²) in [6, 6.07) is 5.89. The van der Waals surface area contributed by atoms with Crippen molar-refractivity contribution in [2.24, 2.45) is 0 Å². The number of rotatable bonds is 6. The smallest absolute Gasteiger partial charge is 0.146 e. The third-order valence-electron chi connectivity index (χ3n) is 4.13. The lowest BCUT2D eigenvalue weighted by molar-refractivity contribution is 0.424. The average molecular weight is 276 g/mol. The Bertz CT molecular complexity index is 439. The average Bonchev–Trinajstić information content (AvgIpc) is 2.49. The maximum absolute atomic E-state index is 14.1. The highest BCUT2D eigenvalue weighted by Gasteiger charge is 2.20. The van der Waals surface area contributed by atoms with E-state index in [0.717, 1.165) is 24.3 Å². The molecular formula is C17H25FN2. The first-order valence-corrected chi connectivity index (χ1v) is 7.55. The normalized spacial score (nSPS) is 16.1. The lowest BCUT2D eigenvalue weighted by Gasteiger charge is -2.33. The summed E-state index contributed by atoms with van der Waals surface area (Å²) in [6.45, 7) is 5.20. The highest BCUT2D eigenvalue weighted by molar-refractivity contribution is 5.50. The Labute approximate surface area is 121 Å². The molecule has 2 rings (SSSR count). The van der Waals surface area contributed by atoms with Crippen LogP contribution in [0.4, 0.5) is 10.1 Å². The van der Waals surface area contributed by atoms with E-state index >= 15 is 0 Å². The lowest BCUT2D eigenvalue weighted by Crippen LogP contribution is -2.34. The summed E-state index contributed by atoms with van der Waals surface area (Å²) in [4.78, 5) is 2.13. The van der Waals surface area contributed by atoms with E-state index < -0.39 is 0 Å². The van der Waals surface area contributed by atoms with Crippen LogP contribution < -0.4 is 10.2 Å². The molecule has 0 atom stereocenters. The summed E-state index contributed by atoms with van der Waals surface area (Å²) in [5.74, 6) is -0.120. The van der Waals surface area contributed by atoms with Crippen molar-refractivity contribution >= 4 is 5.69 Å². The zero-order chi connectivity index (χ0) is 14.4. The van der Waals surface area contributed by atoms with Gasteiger partial charge in [-0.25, -0.2) is 4.39 Å². The molecule has 1 aliphatic carbocycles. The summed E-state index contributed by atoms with van der Waals surface area (Å²) in [7, 11) is 2.02. The van der Waals surface area contributed by atoms with Gasteiger partial charge in [0, 0.05) is 26.2 Å². The molecule has 0 aliphatic heterocycles. The predicted molar refractivity (Wildman–Crippen MR) is 83.6 cm³/mol. The van der Waals surface area contributed by atoms with Gasteiger partial charge in [0.15, 0.2) is 0 Å². The summed E-state index contributed by atoms with van der Waals surface area (Å²) in [5, 5.41) is 3.26. The fraction of sp³-hybridized carbons (Fsp3) is 0.529. The van der Waals surface area contributed by atoms with E-state index in [2.05, 4.69) is 16.8 Å². The summed E-state index contributed by atoms with van der Waals surface area (Å²) < 4.78 is 14.1. The van der Waals surface area contributed by atoms with Gasteiger partial charge in [-0.1, -0.05) is 31.4 Å². The van der Waals surface area contributed by atoms with Crippen molar-refractivity contribution in [1.29, 1.82) is 0 Å². The molecule has 0 saturated heterocycles. The molecule has 0 heterocycles. The fourth-order valence-corrected chi connectivity index (χ4v) is 2.92. The number of nitrogens with zero attached hydrogens (tertiary/aromatic N) is 1. The van der Waals surface area contributed by atoms with E-state index in [1.807, 2.05) is 25.3 Å². The van der Waals surface area contributed by atoms with Crippen LogP contribution >= 0.6 is 0 Å². The molecule has 1 N–H and O–H groups in total. The number of benzene rings is 1. The molecular weight excluding hydrogens is 251 g/mol. The summed E-state index contributed by atoms with van der Waals surface area (Å²) in [6.07, 6.45) is 8.02. The fourth-order valence-electron chi connectivity index (χ4n) is 2.92. The molecule has 20 heavy (non-hydrogen) atoms. The van der Waals surface area contributed by atoms with Gasteiger partial charge in [0.05, 0.1) is 5.69 Å². The van der Waals surface area contributed by atoms with Crippen molar-refractivity contribution in [3.8, 4) is 0 Å². The van der Waals surface area contributed by atoms with Gasteiger partial charge in [0.1, 0.15) is 5.82 Å². The van der Waals surface area contributed by atoms with Crippen molar-refractivity contribution in [3.05, 3.63) is 42.2 Å². The van der Waals surface area contributed by atoms with Gasteiger partial charge in [0.2, 0.25) is 0 Å². The molecule has 0 bridgehead atoms. The largest absolute Gasteiger partial charge is 0.369 e. The standard InChI is InChI=1S/C17H25FN2/c1-3-11-19-13-14-9-10-16(18)17(12-14)20(2)15-7-5-4-6-8-15/h3,9-10,12,15,19H,1,4-8,11,13H2,2H3. The highest BCUT2D eigenvalue weighted by atomic mass is 19.1. The minimum atomic E-state index is -0.120. The molecule has 3 heteroatoms. The van der Waals surface area contributed by atoms with Gasteiger partial charge in [-0.2, -0.15) is 0 Å². The Balaban J connectivity index is 2.08. The lowest BCUT2D eigenvalue weighted by atomic mass is 9.94. The molecule has 1 aromatic rings. The van der Waals surface area contributed by atoms with Gasteiger partial charge in [-0.05, 0) is 30.5 Å². The van der Waals surface area contributed by atoms with Crippen LogP contribution in [0.5, 0.6) is 0 Å². The second-order valence-electron chi connectivity index (χ2n) is 5.61. The Kier molecular flexibility index (Phi) is 5.60. The maximum atomic E-state index is 14.1. The monoisotopic (exact) mass is 276 g/mol. The molecule has 1 saturated carbocycles. The van der Waals surface area contributed by atoms with Crippen LogP contribution in [0.1, 0.15) is 37.7 Å². The van der Waals surface area contributed by atoms with Crippen LogP contribution in [0.25, 0.3) is 0 Å². The third kappa shape index (κ3) is 3.83. The van der Waals surface area contributed by atoms with Crippen molar-refractivity contribution in [1.82, 2.24) is 5.32 Å². The number of anilines is 1. The number of hydrogen-bond donors (Lipinski definition) is 1. The zero-order valence-corrected chi connectivity index (χ0v) is 12.4. The number of hydrogen-bond acceptors (Lipinski definition) is 2. The molecule has 0 aromatic heterocycles. The molecule has 2 nitrogen and oxygen atoms in total. The number of halogens is 1. The first kappa shape index (κ1) is 15.0. The van der Waals surface area contributed by atoms with Gasteiger partial charge < -0.3 is 10.2 Å². The van der Waals surface area contributed by atoms with E-state index in [0.29, 0.717) is 6.04 Å². The molecule has 1 fully saturated rings. The van der Waals surface area contributed by atoms with Gasteiger partial charge in [-0.15, -0.1) is 6.58 Å². The van der Waals surface area contributed by atoms with E-state index in [4.69, 9.17) is 0 Å². The minimum absolute atomic E-state index is 0.120. The number of nitrogens with one attached hydrogen (secondary N) is 1. The van der Waals surface area contributed by atoms with Crippen LogP contribution in [-0.2, 0) is 6.54 Å². The van der Waals surface area contributed by atoms with Gasteiger partial charge >= 0.3 is 0 Å². The van der Waals surface area contributed by atoms with Crippen molar-refractivity contribution in [2.45, 2.75) is 44.7 Å². The topological polar surface area (TPSA) is 15.3 Å². The predicted octanol–water partition coefficient (Wildman–Crippen LogP) is 3.87. The van der Waals surface area contributed by atoms with Crippen LogP contribution in [0.2, 0.25) is 0 Å². The SMILES string of the molecule is C=CCNCc1ccc(F)c(N(C)C2CCCCC2)c1. The molecule has 0 radical (unpaired) electrons. The van der Waals surface area contributed by atoms with Crippen LogP contribution in [0, 0.1) is 5.82 Å². The van der Waals surface area contributed by atoms with Crippen LogP contribution in [0.3, 0.4) is 0 Å². The first-order chi connectivity index (χ1) is 9.72. The second-order valence-corrected chi connectivity index (χ2v) is 5.61. The molecule has 1 aliphatic rings. The Morgan fingerprint density at radius 2 is 2.10 bits per heavy atom. The summed E-state index contributed by atoms with van der Waals surface area (Å²) in [5.41, 5.74) is 1.85. The van der Waals surface area contributed by atoms with Gasteiger partial charge in [-0.3, -0.25) is 0 Å². The van der Waals surface area contributed by atoms with Gasteiger partial charge in [0.25, 0.3) is 0 Å². The van der Waals surface area contributed by atoms with E-state index in [1.54, 1.807) is 6.07 Å². The first-order valence-electron chi connectivity index (χ1n) is 7.55. The Morgan fingerprint density at radius 3 is 2.80 bits per heavy atom. The molecule has 110 valence electrons. The van der Waals surface area contributed by atoms with E-state index in [9.17, 15) is 4.39 Å². The van der Waals surface area contributed by atoms with E-state index in [-0.39, 0.29) is 5.82 Å².